The summed E-state index contributed by atoms with van der Waals surface area (Å²) in [6.45, 7) is -0.440. The van der Waals surface area contributed by atoms with Crippen molar-refractivity contribution in [2.24, 2.45) is 0 Å². The van der Waals surface area contributed by atoms with Gasteiger partial charge in [0, 0.05) is 30.4 Å². The van der Waals surface area contributed by atoms with Crippen LogP contribution in [0.3, 0.4) is 0 Å². The van der Waals surface area contributed by atoms with Crippen LogP contribution in [0.25, 0.3) is 22.6 Å². The van der Waals surface area contributed by atoms with Crippen LogP contribution < -0.4 is 4.74 Å². The number of carboxylic acid groups (broad SMARTS) is 1. The van der Waals surface area contributed by atoms with Crippen molar-refractivity contribution in [2.75, 3.05) is 6.61 Å². The Kier molecular flexibility index (Phi) is 6.06. The van der Waals surface area contributed by atoms with Gasteiger partial charge in [0.15, 0.2) is 18.0 Å². The molecule has 0 spiro atoms. The first-order valence-corrected chi connectivity index (χ1v) is 11.3. The summed E-state index contributed by atoms with van der Waals surface area (Å²) in [7, 11) is 0. The Bertz CT molecular complexity index is 1290. The zero-order valence-electron chi connectivity index (χ0n) is 18.8. The second-order valence-corrected chi connectivity index (χ2v) is 8.40. The summed E-state index contributed by atoms with van der Waals surface area (Å²) in [5, 5.41) is 8.91. The van der Waals surface area contributed by atoms with Gasteiger partial charge in [-0.15, -0.1) is 0 Å². The first kappa shape index (κ1) is 22.4. The molecular weight excluding hydrogens is 446 g/mol. The molecule has 1 unspecified atom stereocenters. The summed E-state index contributed by atoms with van der Waals surface area (Å²) >= 11 is 0. The van der Waals surface area contributed by atoms with Crippen LogP contribution in [0.5, 0.6) is 5.75 Å². The second-order valence-electron chi connectivity index (χ2n) is 8.40. The number of hydrogen-bond donors (Lipinski definition) is 1. The molecule has 0 amide bonds. The van der Waals surface area contributed by atoms with E-state index in [4.69, 9.17) is 24.0 Å². The van der Waals surface area contributed by atoms with Gasteiger partial charge in [0.2, 0.25) is 5.89 Å². The summed E-state index contributed by atoms with van der Waals surface area (Å²) < 4.78 is 17.6. The standard InChI is InChI=1S/C28H23NO6/c30-23(31)18-33-22-13-7-8-19(16-22)17-28(15-14-24(32)35-28)27-29-25(20-9-3-1-4-10-20)26(34-27)21-11-5-2-6-12-21/h1-13,16H,14-15,17-18H2,(H,30,31). The lowest BCUT2D eigenvalue weighted by Crippen LogP contribution is -2.29. The fourth-order valence-electron chi connectivity index (χ4n) is 4.29. The molecule has 1 aromatic heterocycles. The average Bonchev–Trinajstić information content (AvgIpc) is 3.49. The molecule has 1 aliphatic heterocycles. The molecule has 0 bridgehead atoms. The van der Waals surface area contributed by atoms with Gasteiger partial charge in [0.05, 0.1) is 0 Å². The van der Waals surface area contributed by atoms with E-state index in [0.29, 0.717) is 35.9 Å². The minimum Gasteiger partial charge on any atom is -0.482 e. The van der Waals surface area contributed by atoms with Crippen molar-refractivity contribution in [1.29, 1.82) is 0 Å². The molecule has 176 valence electrons. The third kappa shape index (κ3) is 4.80. The zero-order chi connectivity index (χ0) is 24.3. The highest BCUT2D eigenvalue weighted by Crippen LogP contribution is 2.43. The molecule has 1 fully saturated rings. The lowest BCUT2D eigenvalue weighted by Gasteiger charge is -2.24. The predicted molar refractivity (Wildman–Crippen MR) is 128 cm³/mol. The lowest BCUT2D eigenvalue weighted by molar-refractivity contribution is -0.151. The van der Waals surface area contributed by atoms with Gasteiger partial charge in [-0.3, -0.25) is 4.79 Å². The van der Waals surface area contributed by atoms with Gasteiger partial charge in [0.25, 0.3) is 0 Å². The van der Waals surface area contributed by atoms with Crippen LogP contribution >= 0.6 is 0 Å². The van der Waals surface area contributed by atoms with Crippen molar-refractivity contribution in [2.45, 2.75) is 24.9 Å². The highest BCUT2D eigenvalue weighted by Gasteiger charge is 2.47. The van der Waals surface area contributed by atoms with Crippen molar-refractivity contribution < 1.29 is 28.6 Å². The smallest absolute Gasteiger partial charge is 0.341 e. The normalized spacial score (nSPS) is 17.2. The molecule has 7 nitrogen and oxygen atoms in total. The zero-order valence-corrected chi connectivity index (χ0v) is 18.8. The number of cyclic esters (lactones) is 1. The number of nitrogens with zero attached hydrogens (tertiary/aromatic N) is 1. The van der Waals surface area contributed by atoms with E-state index in [0.717, 1.165) is 16.7 Å². The van der Waals surface area contributed by atoms with Crippen molar-refractivity contribution in [1.82, 2.24) is 4.98 Å². The van der Waals surface area contributed by atoms with E-state index in [-0.39, 0.29) is 12.4 Å². The van der Waals surface area contributed by atoms with Crippen molar-refractivity contribution in [3.8, 4) is 28.3 Å². The van der Waals surface area contributed by atoms with Crippen molar-refractivity contribution in [3.63, 3.8) is 0 Å². The lowest BCUT2D eigenvalue weighted by atomic mass is 9.91. The first-order chi connectivity index (χ1) is 17.0. The third-order valence-electron chi connectivity index (χ3n) is 5.89. The summed E-state index contributed by atoms with van der Waals surface area (Å²) in [5.74, 6) is -0.0143. The molecule has 0 saturated carbocycles. The van der Waals surface area contributed by atoms with Crippen LogP contribution in [0.15, 0.2) is 89.3 Å². The minimum absolute atomic E-state index is 0.249. The molecule has 3 aromatic carbocycles. The molecule has 5 rings (SSSR count). The van der Waals surface area contributed by atoms with Gasteiger partial charge in [-0.25, -0.2) is 9.78 Å². The average molecular weight is 469 g/mol. The van der Waals surface area contributed by atoms with E-state index < -0.39 is 18.2 Å². The maximum absolute atomic E-state index is 12.3. The molecule has 1 saturated heterocycles. The molecule has 35 heavy (non-hydrogen) atoms. The number of esters is 1. The van der Waals surface area contributed by atoms with Gasteiger partial charge in [-0.05, 0) is 17.7 Å². The molecular formula is C28H23NO6. The van der Waals surface area contributed by atoms with Gasteiger partial charge >= 0.3 is 11.9 Å². The van der Waals surface area contributed by atoms with E-state index in [9.17, 15) is 9.59 Å². The van der Waals surface area contributed by atoms with Crippen LogP contribution in [0, 0.1) is 0 Å². The Morgan fingerprint density at radius 1 is 0.971 bits per heavy atom. The maximum Gasteiger partial charge on any atom is 0.341 e. The number of carbonyl (C=O) groups excluding carboxylic acids is 1. The summed E-state index contributed by atoms with van der Waals surface area (Å²) in [4.78, 5) is 28.1. The molecule has 7 heteroatoms. The second kappa shape index (κ2) is 9.46. The van der Waals surface area contributed by atoms with E-state index in [2.05, 4.69) is 0 Å². The van der Waals surface area contributed by atoms with Gasteiger partial charge in [-0.1, -0.05) is 72.8 Å². The predicted octanol–water partition coefficient (Wildman–Crippen LogP) is 5.25. The van der Waals surface area contributed by atoms with E-state index >= 15 is 0 Å². The summed E-state index contributed by atoms with van der Waals surface area (Å²) in [6.07, 6.45) is 0.972. The van der Waals surface area contributed by atoms with E-state index in [1.807, 2.05) is 66.7 Å². The summed E-state index contributed by atoms with van der Waals surface area (Å²) in [6, 6.07) is 26.5. The quantitative estimate of drug-likeness (QED) is 0.352. The van der Waals surface area contributed by atoms with Crippen LogP contribution in [-0.2, 0) is 26.3 Å². The van der Waals surface area contributed by atoms with Crippen LogP contribution in [0.2, 0.25) is 0 Å². The molecule has 1 N–H and O–H groups in total. The Morgan fingerprint density at radius 3 is 2.34 bits per heavy atom. The minimum atomic E-state index is -1.08. The van der Waals surface area contributed by atoms with Crippen molar-refractivity contribution >= 4 is 11.9 Å². The number of carbonyl (C=O) groups is 2. The summed E-state index contributed by atoms with van der Waals surface area (Å²) in [5.41, 5.74) is 2.16. The number of oxazole rings is 1. The Labute approximate surface area is 202 Å². The van der Waals surface area contributed by atoms with Crippen LogP contribution in [0.4, 0.5) is 0 Å². The number of ether oxygens (including phenoxy) is 2. The third-order valence-corrected chi connectivity index (χ3v) is 5.89. The van der Waals surface area contributed by atoms with E-state index in [1.165, 1.54) is 0 Å². The van der Waals surface area contributed by atoms with Crippen molar-refractivity contribution in [3.05, 3.63) is 96.4 Å². The van der Waals surface area contributed by atoms with Crippen LogP contribution in [-0.4, -0.2) is 28.6 Å². The number of aromatic nitrogens is 1. The fraction of sp³-hybridized carbons (Fsp3) is 0.179. The van der Waals surface area contributed by atoms with Crippen LogP contribution in [0.1, 0.15) is 24.3 Å². The Morgan fingerprint density at radius 2 is 1.69 bits per heavy atom. The monoisotopic (exact) mass is 469 g/mol. The SMILES string of the molecule is O=C(O)COc1cccc(CC2(c3nc(-c4ccccc4)c(-c4ccccc4)o3)CCC(=O)O2)c1. The first-order valence-electron chi connectivity index (χ1n) is 11.3. The number of aliphatic carboxylic acids is 1. The molecule has 0 radical (unpaired) electrons. The van der Waals surface area contributed by atoms with E-state index in [1.54, 1.807) is 18.2 Å². The largest absolute Gasteiger partial charge is 0.482 e. The number of rotatable bonds is 8. The molecule has 1 atom stereocenters. The number of carboxylic acids is 1. The Balaban J connectivity index is 1.56. The van der Waals surface area contributed by atoms with Gasteiger partial charge < -0.3 is 19.0 Å². The topological polar surface area (TPSA) is 98.9 Å². The highest BCUT2D eigenvalue weighted by molar-refractivity contribution is 5.77. The molecule has 4 aromatic rings. The van der Waals surface area contributed by atoms with Gasteiger partial charge in [-0.2, -0.15) is 0 Å². The molecule has 2 heterocycles. The number of hydrogen-bond acceptors (Lipinski definition) is 6. The highest BCUT2D eigenvalue weighted by atomic mass is 16.6. The fourth-order valence-corrected chi connectivity index (χ4v) is 4.29. The molecule has 1 aliphatic rings. The van der Waals surface area contributed by atoms with Gasteiger partial charge in [0.1, 0.15) is 11.4 Å². The number of benzene rings is 3. The maximum atomic E-state index is 12.3. The Hall–Kier alpha value is -4.39. The molecule has 0 aliphatic carbocycles.